The summed E-state index contributed by atoms with van der Waals surface area (Å²) in [7, 11) is 0. The van der Waals surface area contributed by atoms with Gasteiger partial charge in [0.05, 0.1) is 11.3 Å². The standard InChI is InChI=1S/C22H28N2O3/c1-6-16-11-7-10-14-19(16)27-15(2)20(25)23-18-13-9-8-12-17(18)21(26)24-22(3,4)5/h7-15H,6H2,1-5H3,(H,23,25)(H,24,26)/t15-/m1/s1. The predicted octanol–water partition coefficient (Wildman–Crippen LogP) is 4.18. The highest BCUT2D eigenvalue weighted by molar-refractivity contribution is 6.04. The molecule has 5 heteroatoms. The molecule has 0 radical (unpaired) electrons. The van der Waals surface area contributed by atoms with E-state index in [1.54, 1.807) is 31.2 Å². The molecule has 0 unspecified atom stereocenters. The maximum Gasteiger partial charge on any atom is 0.265 e. The van der Waals surface area contributed by atoms with Gasteiger partial charge in [0.15, 0.2) is 6.10 Å². The van der Waals surface area contributed by atoms with E-state index in [1.807, 2.05) is 52.0 Å². The van der Waals surface area contributed by atoms with Gasteiger partial charge >= 0.3 is 0 Å². The number of nitrogens with one attached hydrogen (secondary N) is 2. The molecule has 0 aliphatic heterocycles. The first-order valence-electron chi connectivity index (χ1n) is 9.18. The first-order chi connectivity index (χ1) is 12.7. The Balaban J connectivity index is 2.12. The van der Waals surface area contributed by atoms with Crippen LogP contribution in [0, 0.1) is 0 Å². The van der Waals surface area contributed by atoms with Crippen molar-refractivity contribution < 1.29 is 14.3 Å². The van der Waals surface area contributed by atoms with E-state index in [4.69, 9.17) is 4.74 Å². The zero-order valence-corrected chi connectivity index (χ0v) is 16.6. The van der Waals surface area contributed by atoms with Crippen LogP contribution in [-0.2, 0) is 11.2 Å². The fourth-order valence-corrected chi connectivity index (χ4v) is 2.59. The molecule has 5 nitrogen and oxygen atoms in total. The van der Waals surface area contributed by atoms with Crippen LogP contribution < -0.4 is 15.4 Å². The highest BCUT2D eigenvalue weighted by atomic mass is 16.5. The molecule has 0 aliphatic rings. The average Bonchev–Trinajstić information content (AvgIpc) is 2.61. The fourth-order valence-electron chi connectivity index (χ4n) is 2.59. The molecule has 2 N–H and O–H groups in total. The summed E-state index contributed by atoms with van der Waals surface area (Å²) in [5, 5.41) is 5.72. The summed E-state index contributed by atoms with van der Waals surface area (Å²) in [5.41, 5.74) is 1.56. The van der Waals surface area contributed by atoms with E-state index in [0.29, 0.717) is 17.0 Å². The Morgan fingerprint density at radius 1 is 1.04 bits per heavy atom. The molecule has 2 amide bonds. The molecule has 0 fully saturated rings. The van der Waals surface area contributed by atoms with Crippen molar-refractivity contribution in [3.8, 4) is 5.75 Å². The van der Waals surface area contributed by atoms with Gasteiger partial charge in [-0.25, -0.2) is 0 Å². The monoisotopic (exact) mass is 368 g/mol. The van der Waals surface area contributed by atoms with Crippen molar-refractivity contribution in [3.05, 3.63) is 59.7 Å². The van der Waals surface area contributed by atoms with E-state index in [2.05, 4.69) is 10.6 Å². The number of anilines is 1. The van der Waals surface area contributed by atoms with E-state index in [1.165, 1.54) is 0 Å². The molecule has 0 saturated heterocycles. The Morgan fingerprint density at radius 3 is 2.33 bits per heavy atom. The number of hydrogen-bond acceptors (Lipinski definition) is 3. The first-order valence-corrected chi connectivity index (χ1v) is 9.18. The second kappa shape index (κ2) is 8.71. The number of para-hydroxylation sites is 2. The molecular formula is C22H28N2O3. The summed E-state index contributed by atoms with van der Waals surface area (Å²) in [6.45, 7) is 9.46. The SMILES string of the molecule is CCc1ccccc1O[C@H](C)C(=O)Nc1ccccc1C(=O)NC(C)(C)C. The summed E-state index contributed by atoms with van der Waals surface area (Å²) < 4.78 is 5.84. The van der Waals surface area contributed by atoms with Crippen molar-refractivity contribution >= 4 is 17.5 Å². The van der Waals surface area contributed by atoms with E-state index < -0.39 is 6.10 Å². The van der Waals surface area contributed by atoms with Crippen LogP contribution in [0.2, 0.25) is 0 Å². The normalized spacial score (nSPS) is 12.2. The summed E-state index contributed by atoms with van der Waals surface area (Å²) >= 11 is 0. The Kier molecular flexibility index (Phi) is 6.61. The number of amides is 2. The second-order valence-electron chi connectivity index (χ2n) is 7.46. The molecule has 0 heterocycles. The average molecular weight is 368 g/mol. The molecule has 27 heavy (non-hydrogen) atoms. The molecule has 1 atom stereocenters. The smallest absolute Gasteiger partial charge is 0.265 e. The molecule has 0 saturated carbocycles. The number of aryl methyl sites for hydroxylation is 1. The minimum absolute atomic E-state index is 0.233. The van der Waals surface area contributed by atoms with Gasteiger partial charge in [0.2, 0.25) is 0 Å². The number of ether oxygens (including phenoxy) is 1. The highest BCUT2D eigenvalue weighted by Gasteiger charge is 2.21. The van der Waals surface area contributed by atoms with Crippen LogP contribution >= 0.6 is 0 Å². The van der Waals surface area contributed by atoms with E-state index in [9.17, 15) is 9.59 Å². The van der Waals surface area contributed by atoms with Gasteiger partial charge in [-0.2, -0.15) is 0 Å². The van der Waals surface area contributed by atoms with E-state index in [0.717, 1.165) is 12.0 Å². The third kappa shape index (κ3) is 5.84. The number of rotatable bonds is 6. The van der Waals surface area contributed by atoms with Crippen LogP contribution in [0.5, 0.6) is 5.75 Å². The lowest BCUT2D eigenvalue weighted by Gasteiger charge is -2.22. The zero-order valence-electron chi connectivity index (χ0n) is 16.6. The minimum Gasteiger partial charge on any atom is -0.481 e. The van der Waals surface area contributed by atoms with Crippen LogP contribution in [0.4, 0.5) is 5.69 Å². The van der Waals surface area contributed by atoms with Crippen LogP contribution in [0.3, 0.4) is 0 Å². The van der Waals surface area contributed by atoms with Crippen LogP contribution in [0.1, 0.15) is 50.5 Å². The maximum absolute atomic E-state index is 12.6. The van der Waals surface area contributed by atoms with Crippen molar-refractivity contribution in [1.82, 2.24) is 5.32 Å². The third-order valence-electron chi connectivity index (χ3n) is 3.94. The van der Waals surface area contributed by atoms with Gasteiger partial charge in [0.1, 0.15) is 5.75 Å². The topological polar surface area (TPSA) is 67.4 Å². The maximum atomic E-state index is 12.6. The minimum atomic E-state index is -0.698. The highest BCUT2D eigenvalue weighted by Crippen LogP contribution is 2.21. The van der Waals surface area contributed by atoms with Gasteiger partial charge in [-0.15, -0.1) is 0 Å². The quantitative estimate of drug-likeness (QED) is 0.804. The number of hydrogen-bond donors (Lipinski definition) is 2. The van der Waals surface area contributed by atoms with Crippen molar-refractivity contribution in [2.24, 2.45) is 0 Å². The number of carbonyl (C=O) groups is 2. The van der Waals surface area contributed by atoms with Gasteiger partial charge in [-0.3, -0.25) is 9.59 Å². The predicted molar refractivity (Wildman–Crippen MR) is 108 cm³/mol. The van der Waals surface area contributed by atoms with Gasteiger partial charge in [0, 0.05) is 5.54 Å². The molecule has 144 valence electrons. The largest absolute Gasteiger partial charge is 0.481 e. The molecular weight excluding hydrogens is 340 g/mol. The Labute approximate surface area is 161 Å². The van der Waals surface area contributed by atoms with Crippen LogP contribution in [0.25, 0.3) is 0 Å². The van der Waals surface area contributed by atoms with Crippen molar-refractivity contribution in [1.29, 1.82) is 0 Å². The molecule has 2 aromatic carbocycles. The number of carbonyl (C=O) groups excluding carboxylic acids is 2. The van der Waals surface area contributed by atoms with Gasteiger partial charge < -0.3 is 15.4 Å². The molecule has 2 rings (SSSR count). The lowest BCUT2D eigenvalue weighted by Crippen LogP contribution is -2.41. The molecule has 0 spiro atoms. The first kappa shape index (κ1) is 20.5. The zero-order chi connectivity index (χ0) is 20.0. The number of benzene rings is 2. The Hall–Kier alpha value is -2.82. The third-order valence-corrected chi connectivity index (χ3v) is 3.94. The molecule has 0 aromatic heterocycles. The lowest BCUT2D eigenvalue weighted by atomic mass is 10.1. The summed E-state index contributed by atoms with van der Waals surface area (Å²) in [6.07, 6.45) is 0.122. The van der Waals surface area contributed by atoms with Crippen molar-refractivity contribution in [2.75, 3.05) is 5.32 Å². The second-order valence-corrected chi connectivity index (χ2v) is 7.46. The van der Waals surface area contributed by atoms with Gasteiger partial charge in [0.25, 0.3) is 11.8 Å². The summed E-state index contributed by atoms with van der Waals surface area (Å²) in [4.78, 5) is 25.1. The van der Waals surface area contributed by atoms with Gasteiger partial charge in [-0.05, 0) is 57.9 Å². The summed E-state index contributed by atoms with van der Waals surface area (Å²) in [5.74, 6) is 0.154. The van der Waals surface area contributed by atoms with E-state index >= 15 is 0 Å². The summed E-state index contributed by atoms with van der Waals surface area (Å²) in [6, 6.07) is 14.6. The van der Waals surface area contributed by atoms with Gasteiger partial charge in [-0.1, -0.05) is 37.3 Å². The Morgan fingerprint density at radius 2 is 1.67 bits per heavy atom. The van der Waals surface area contributed by atoms with Crippen molar-refractivity contribution in [2.45, 2.75) is 52.7 Å². The molecule has 2 aromatic rings. The van der Waals surface area contributed by atoms with Crippen LogP contribution in [-0.4, -0.2) is 23.5 Å². The molecule has 0 bridgehead atoms. The Bertz CT molecular complexity index is 809. The van der Waals surface area contributed by atoms with Crippen LogP contribution in [0.15, 0.2) is 48.5 Å². The van der Waals surface area contributed by atoms with Crippen molar-refractivity contribution in [3.63, 3.8) is 0 Å². The fraction of sp³-hybridized carbons (Fsp3) is 0.364. The lowest BCUT2D eigenvalue weighted by molar-refractivity contribution is -0.122. The van der Waals surface area contributed by atoms with E-state index in [-0.39, 0.29) is 17.4 Å². The molecule has 0 aliphatic carbocycles.